The van der Waals surface area contributed by atoms with Crippen LogP contribution in [0.5, 0.6) is 0 Å². The van der Waals surface area contributed by atoms with Gasteiger partial charge in [0.05, 0.1) is 0 Å². The number of hydrogen-bond donors (Lipinski definition) is 0. The molecule has 6 nitrogen and oxygen atoms in total. The largest absolute Gasteiger partial charge is 0.443 e. The van der Waals surface area contributed by atoms with Crippen molar-refractivity contribution >= 4 is 12.2 Å². The first-order valence-corrected chi connectivity index (χ1v) is 9.56. The Balaban J connectivity index is 2.40. The van der Waals surface area contributed by atoms with E-state index >= 15 is 0 Å². The number of amides is 2. The zero-order valence-corrected chi connectivity index (χ0v) is 18.0. The molecule has 1 aliphatic rings. The van der Waals surface area contributed by atoms with E-state index in [1.54, 1.807) is 41.5 Å². The van der Waals surface area contributed by atoms with Crippen LogP contribution in [0.25, 0.3) is 0 Å². The second-order valence-corrected chi connectivity index (χ2v) is 9.17. The highest BCUT2D eigenvalue weighted by molar-refractivity contribution is 5.90. The van der Waals surface area contributed by atoms with Crippen LogP contribution in [0.4, 0.5) is 9.59 Å². The van der Waals surface area contributed by atoms with Crippen molar-refractivity contribution in [2.45, 2.75) is 58.7 Å². The number of rotatable bonds is 2. The summed E-state index contributed by atoms with van der Waals surface area (Å²) in [6, 6.07) is 10.0. The van der Waals surface area contributed by atoms with Gasteiger partial charge in [0.15, 0.2) is 0 Å². The average Bonchev–Trinajstić information content (AvgIpc) is 2.51. The Labute approximate surface area is 168 Å². The fourth-order valence-corrected chi connectivity index (χ4v) is 2.99. The van der Waals surface area contributed by atoms with Crippen molar-refractivity contribution in [2.24, 2.45) is 0 Å². The second-order valence-electron chi connectivity index (χ2n) is 9.17. The van der Waals surface area contributed by atoms with Gasteiger partial charge in [0, 0.05) is 24.7 Å². The normalized spacial score (nSPS) is 18.2. The van der Waals surface area contributed by atoms with E-state index in [9.17, 15) is 9.59 Å². The number of carbonyl (C=O) groups excluding carboxylic acids is 2. The molecule has 1 unspecified atom stereocenters. The molecule has 1 heterocycles. The van der Waals surface area contributed by atoms with Crippen LogP contribution in [0.3, 0.4) is 0 Å². The van der Waals surface area contributed by atoms with Gasteiger partial charge < -0.3 is 9.47 Å². The van der Waals surface area contributed by atoms with Gasteiger partial charge in [0.2, 0.25) is 0 Å². The van der Waals surface area contributed by atoms with E-state index in [0.717, 1.165) is 17.0 Å². The maximum atomic E-state index is 12.9. The molecule has 0 aromatic heterocycles. The topological polar surface area (TPSA) is 59.1 Å². The second kappa shape index (κ2) is 8.35. The highest BCUT2D eigenvalue weighted by atomic mass is 16.6. The zero-order valence-electron chi connectivity index (χ0n) is 18.0. The third-order valence-corrected chi connectivity index (χ3v) is 4.00. The first-order valence-electron chi connectivity index (χ1n) is 9.56. The number of nitrogens with zero attached hydrogens (tertiary/aromatic N) is 2. The lowest BCUT2D eigenvalue weighted by atomic mass is 9.94. The van der Waals surface area contributed by atoms with Gasteiger partial charge in [-0.15, -0.1) is 0 Å². The van der Waals surface area contributed by atoms with Gasteiger partial charge in [-0.1, -0.05) is 36.4 Å². The third kappa shape index (κ3) is 6.37. The van der Waals surface area contributed by atoms with E-state index in [4.69, 9.17) is 9.47 Å². The quantitative estimate of drug-likeness (QED) is 0.730. The molecule has 0 saturated carbocycles. The Morgan fingerprint density at radius 1 is 0.964 bits per heavy atom. The summed E-state index contributed by atoms with van der Waals surface area (Å²) >= 11 is 0. The maximum absolute atomic E-state index is 12.9. The minimum absolute atomic E-state index is 0.0577. The minimum Gasteiger partial charge on any atom is -0.443 e. The van der Waals surface area contributed by atoms with Crippen LogP contribution in [0, 0.1) is 0 Å². The molecule has 154 valence electrons. The van der Waals surface area contributed by atoms with Crippen molar-refractivity contribution in [1.29, 1.82) is 0 Å². The summed E-state index contributed by atoms with van der Waals surface area (Å²) in [5.74, 6) is 0.0577. The van der Waals surface area contributed by atoms with Gasteiger partial charge in [-0.2, -0.15) is 4.90 Å². The first kappa shape index (κ1) is 22.0. The van der Waals surface area contributed by atoms with Crippen molar-refractivity contribution in [3.05, 3.63) is 47.7 Å². The summed E-state index contributed by atoms with van der Waals surface area (Å²) in [6.45, 7) is 11.9. The van der Waals surface area contributed by atoms with E-state index in [0.29, 0.717) is 12.2 Å². The Morgan fingerprint density at radius 2 is 1.46 bits per heavy atom. The van der Waals surface area contributed by atoms with Crippen LogP contribution in [0.1, 0.15) is 53.0 Å². The van der Waals surface area contributed by atoms with E-state index in [-0.39, 0.29) is 5.92 Å². The molecule has 1 aliphatic heterocycles. The molecular formula is C22H32N2O4. The van der Waals surface area contributed by atoms with Crippen molar-refractivity contribution in [3.63, 3.8) is 0 Å². The summed E-state index contributed by atoms with van der Waals surface area (Å²) < 4.78 is 11.0. The average molecular weight is 389 g/mol. The first-order chi connectivity index (χ1) is 12.9. The van der Waals surface area contributed by atoms with Gasteiger partial charge in [-0.25, -0.2) is 9.59 Å². The van der Waals surface area contributed by atoms with Crippen LogP contribution >= 0.6 is 0 Å². The molecule has 2 amide bonds. The van der Waals surface area contributed by atoms with E-state index in [2.05, 4.69) is 4.90 Å². The lowest BCUT2D eigenvalue weighted by molar-refractivity contribution is 0.00656. The summed E-state index contributed by atoms with van der Waals surface area (Å²) in [6.07, 6.45) is 0.508. The summed E-state index contributed by atoms with van der Waals surface area (Å²) in [5.41, 5.74) is 0.236. The molecule has 0 saturated heterocycles. The Hall–Kier alpha value is -2.34. The summed E-state index contributed by atoms with van der Waals surface area (Å²) in [4.78, 5) is 28.9. The smallest absolute Gasteiger partial charge is 0.424 e. The predicted molar refractivity (Wildman–Crippen MR) is 109 cm³/mol. The van der Waals surface area contributed by atoms with Crippen LogP contribution in [-0.4, -0.2) is 53.3 Å². The van der Waals surface area contributed by atoms with Crippen LogP contribution in [-0.2, 0) is 9.47 Å². The molecule has 2 rings (SSSR count). The Bertz CT molecular complexity index is 701. The van der Waals surface area contributed by atoms with Crippen LogP contribution in [0.2, 0.25) is 0 Å². The highest BCUT2D eigenvalue weighted by Gasteiger charge is 2.36. The van der Waals surface area contributed by atoms with Crippen LogP contribution < -0.4 is 0 Å². The minimum atomic E-state index is -0.727. The highest BCUT2D eigenvalue weighted by Crippen LogP contribution is 2.28. The molecule has 0 radical (unpaired) electrons. The number of likely N-dealkylation sites (N-methyl/N-ethyl adjacent to an activating group) is 1. The van der Waals surface area contributed by atoms with Gasteiger partial charge in [-0.05, 0) is 54.2 Å². The number of imide groups is 1. The summed E-state index contributed by atoms with van der Waals surface area (Å²) in [7, 11) is 1.96. The Morgan fingerprint density at radius 3 is 1.93 bits per heavy atom. The molecule has 28 heavy (non-hydrogen) atoms. The number of carbonyl (C=O) groups is 2. The Kier molecular flexibility index (Phi) is 6.55. The molecule has 1 aromatic rings. The molecule has 1 aromatic carbocycles. The van der Waals surface area contributed by atoms with Crippen molar-refractivity contribution in [2.75, 3.05) is 20.1 Å². The number of ether oxygens (including phenoxy) is 2. The van der Waals surface area contributed by atoms with Gasteiger partial charge in [0.25, 0.3) is 0 Å². The fraction of sp³-hybridized carbons (Fsp3) is 0.545. The van der Waals surface area contributed by atoms with Crippen molar-refractivity contribution in [1.82, 2.24) is 9.80 Å². The van der Waals surface area contributed by atoms with E-state index < -0.39 is 23.4 Å². The number of hydrogen-bond acceptors (Lipinski definition) is 5. The molecule has 0 fully saturated rings. The maximum Gasteiger partial charge on any atom is 0.424 e. The zero-order chi connectivity index (χ0) is 21.1. The number of benzene rings is 1. The third-order valence-electron chi connectivity index (χ3n) is 4.00. The van der Waals surface area contributed by atoms with E-state index in [1.807, 2.05) is 43.5 Å². The van der Waals surface area contributed by atoms with Gasteiger partial charge in [0.1, 0.15) is 11.2 Å². The molecule has 0 bridgehead atoms. The van der Waals surface area contributed by atoms with Crippen molar-refractivity contribution in [3.8, 4) is 0 Å². The monoisotopic (exact) mass is 388 g/mol. The van der Waals surface area contributed by atoms with Gasteiger partial charge in [-0.3, -0.25) is 4.90 Å². The van der Waals surface area contributed by atoms with Gasteiger partial charge >= 0.3 is 12.2 Å². The predicted octanol–water partition coefficient (Wildman–Crippen LogP) is 4.77. The molecule has 0 aliphatic carbocycles. The molecule has 1 atom stereocenters. The molecule has 6 heteroatoms. The van der Waals surface area contributed by atoms with E-state index in [1.165, 1.54) is 0 Å². The summed E-state index contributed by atoms with van der Waals surface area (Å²) in [5, 5.41) is 0. The standard InChI is InChI=1S/C22H32N2O4/c1-21(2,3)27-19(25)24(20(26)28-22(4,5)6)18-13-17(14-23(7)15-18)16-11-9-8-10-12-16/h8-13,17H,14-15H2,1-7H3. The lowest BCUT2D eigenvalue weighted by Crippen LogP contribution is -2.46. The lowest BCUT2D eigenvalue weighted by Gasteiger charge is -2.35. The molecular weight excluding hydrogens is 356 g/mol. The molecule has 0 spiro atoms. The molecule has 0 N–H and O–H groups in total. The SMILES string of the molecule is CN1CC(N(C(=O)OC(C)(C)C)C(=O)OC(C)(C)C)=CC(c2ccccc2)C1. The van der Waals surface area contributed by atoms with Crippen molar-refractivity contribution < 1.29 is 19.1 Å². The van der Waals surface area contributed by atoms with Crippen LogP contribution in [0.15, 0.2) is 42.1 Å². The fourth-order valence-electron chi connectivity index (χ4n) is 2.99.